The molecule has 0 fully saturated rings. The fourth-order valence-electron chi connectivity index (χ4n) is 1.38. The van der Waals surface area contributed by atoms with Gasteiger partial charge in [0, 0.05) is 11.8 Å². The minimum absolute atomic E-state index is 0.0861. The highest BCUT2D eigenvalue weighted by atomic mass is 32.2. The minimum atomic E-state index is -0.235. The molecule has 2 N–H and O–H groups in total. The number of nitrogens with zero attached hydrogens (tertiary/aromatic N) is 2. The summed E-state index contributed by atoms with van der Waals surface area (Å²) < 4.78 is 13.7. The maximum absolute atomic E-state index is 12.8. The molecule has 90 valence electrons. The molecule has 1 heterocycles. The van der Waals surface area contributed by atoms with Crippen LogP contribution in [-0.2, 0) is 0 Å². The Kier molecular flexibility index (Phi) is 4.09. The zero-order valence-corrected chi connectivity index (χ0v) is 10.9. The number of thioether (sulfide) groups is 1. The second-order valence-corrected chi connectivity index (χ2v) is 6.11. The molecule has 0 aliphatic carbocycles. The monoisotopic (exact) mass is 269 g/mol. The third-order valence-corrected chi connectivity index (χ3v) is 4.41. The zero-order chi connectivity index (χ0) is 12.3. The van der Waals surface area contributed by atoms with Crippen LogP contribution in [-0.4, -0.2) is 16.7 Å². The van der Waals surface area contributed by atoms with Crippen molar-refractivity contribution in [2.75, 3.05) is 6.54 Å². The first-order valence-electron chi connectivity index (χ1n) is 5.11. The van der Waals surface area contributed by atoms with Crippen molar-refractivity contribution in [3.8, 4) is 0 Å². The first-order valence-corrected chi connectivity index (χ1v) is 6.81. The van der Waals surface area contributed by atoms with E-state index in [1.165, 1.54) is 12.1 Å². The Morgan fingerprint density at radius 2 is 2.06 bits per heavy atom. The van der Waals surface area contributed by atoms with Crippen LogP contribution >= 0.6 is 23.1 Å². The topological polar surface area (TPSA) is 51.8 Å². The third kappa shape index (κ3) is 3.24. The van der Waals surface area contributed by atoms with E-state index in [-0.39, 0.29) is 11.1 Å². The lowest BCUT2D eigenvalue weighted by molar-refractivity contribution is 0.627. The molecule has 0 saturated carbocycles. The van der Waals surface area contributed by atoms with Gasteiger partial charge in [-0.1, -0.05) is 35.2 Å². The van der Waals surface area contributed by atoms with Crippen LogP contribution in [0, 0.1) is 12.7 Å². The van der Waals surface area contributed by atoms with Gasteiger partial charge in [-0.15, -0.1) is 10.2 Å². The number of rotatable bonds is 4. The molecule has 1 aromatic heterocycles. The first-order chi connectivity index (χ1) is 8.19. The smallest absolute Gasteiger partial charge is 0.174 e. The summed E-state index contributed by atoms with van der Waals surface area (Å²) in [6.45, 7) is 2.39. The van der Waals surface area contributed by atoms with Gasteiger partial charge in [0.25, 0.3) is 0 Å². The quantitative estimate of drug-likeness (QED) is 0.867. The normalized spacial score (nSPS) is 12.6. The number of hydrogen-bond donors (Lipinski definition) is 1. The molecular weight excluding hydrogens is 257 g/mol. The van der Waals surface area contributed by atoms with Crippen LogP contribution in [0.2, 0.25) is 0 Å². The Bertz CT molecular complexity index is 484. The Morgan fingerprint density at radius 3 is 2.59 bits per heavy atom. The van der Waals surface area contributed by atoms with E-state index in [1.807, 2.05) is 6.92 Å². The molecular formula is C11H12FN3S2. The summed E-state index contributed by atoms with van der Waals surface area (Å²) in [7, 11) is 0. The van der Waals surface area contributed by atoms with Crippen LogP contribution in [0.1, 0.15) is 15.8 Å². The average Bonchev–Trinajstić information content (AvgIpc) is 2.73. The zero-order valence-electron chi connectivity index (χ0n) is 9.26. The van der Waals surface area contributed by atoms with Gasteiger partial charge in [-0.3, -0.25) is 0 Å². The summed E-state index contributed by atoms with van der Waals surface area (Å²) in [6.07, 6.45) is 0. The SMILES string of the molecule is Cc1nnc(SC(CN)c2ccc(F)cc2)s1. The van der Waals surface area contributed by atoms with Crippen LogP contribution in [0.4, 0.5) is 4.39 Å². The van der Waals surface area contributed by atoms with Crippen molar-refractivity contribution in [1.82, 2.24) is 10.2 Å². The third-order valence-electron chi connectivity index (χ3n) is 2.21. The van der Waals surface area contributed by atoms with Gasteiger partial charge in [-0.05, 0) is 24.6 Å². The van der Waals surface area contributed by atoms with Crippen molar-refractivity contribution in [3.05, 3.63) is 40.7 Å². The van der Waals surface area contributed by atoms with Crippen molar-refractivity contribution < 1.29 is 4.39 Å². The second-order valence-electron chi connectivity index (χ2n) is 3.48. The van der Waals surface area contributed by atoms with E-state index in [0.29, 0.717) is 6.54 Å². The summed E-state index contributed by atoms with van der Waals surface area (Å²) in [5, 5.41) is 9.03. The maximum atomic E-state index is 12.8. The molecule has 0 spiro atoms. The van der Waals surface area contributed by atoms with Crippen molar-refractivity contribution in [2.24, 2.45) is 5.73 Å². The van der Waals surface area contributed by atoms with E-state index in [4.69, 9.17) is 5.73 Å². The van der Waals surface area contributed by atoms with Crippen molar-refractivity contribution in [2.45, 2.75) is 16.5 Å². The molecule has 0 radical (unpaired) electrons. The molecule has 1 aromatic carbocycles. The molecule has 0 aliphatic rings. The van der Waals surface area contributed by atoms with E-state index in [1.54, 1.807) is 35.2 Å². The summed E-state index contributed by atoms with van der Waals surface area (Å²) in [5.74, 6) is -0.235. The number of nitrogens with two attached hydrogens (primary N) is 1. The van der Waals surface area contributed by atoms with Crippen molar-refractivity contribution in [3.63, 3.8) is 0 Å². The lowest BCUT2D eigenvalue weighted by atomic mass is 10.1. The Labute approximate surface area is 107 Å². The maximum Gasteiger partial charge on any atom is 0.174 e. The molecule has 0 bridgehead atoms. The summed E-state index contributed by atoms with van der Waals surface area (Å²) >= 11 is 3.11. The fourth-order valence-corrected chi connectivity index (χ4v) is 3.42. The van der Waals surface area contributed by atoms with Gasteiger partial charge in [-0.25, -0.2) is 4.39 Å². The van der Waals surface area contributed by atoms with Gasteiger partial charge in [0.2, 0.25) is 0 Å². The number of aryl methyl sites for hydroxylation is 1. The Hall–Kier alpha value is -0.980. The van der Waals surface area contributed by atoms with Crippen LogP contribution in [0.25, 0.3) is 0 Å². The Morgan fingerprint density at radius 1 is 1.35 bits per heavy atom. The lowest BCUT2D eigenvalue weighted by Gasteiger charge is -2.12. The predicted molar refractivity (Wildman–Crippen MR) is 68.7 cm³/mol. The Balaban J connectivity index is 2.13. The van der Waals surface area contributed by atoms with E-state index < -0.39 is 0 Å². The van der Waals surface area contributed by atoms with Gasteiger partial charge >= 0.3 is 0 Å². The molecule has 0 aliphatic heterocycles. The molecule has 1 atom stereocenters. The summed E-state index contributed by atoms with van der Waals surface area (Å²) in [6, 6.07) is 6.41. The number of hydrogen-bond acceptors (Lipinski definition) is 5. The van der Waals surface area contributed by atoms with Gasteiger partial charge < -0.3 is 5.73 Å². The van der Waals surface area contributed by atoms with Crippen LogP contribution in [0.3, 0.4) is 0 Å². The molecule has 2 rings (SSSR count). The molecule has 6 heteroatoms. The highest BCUT2D eigenvalue weighted by molar-refractivity contribution is 8.01. The molecule has 1 unspecified atom stereocenters. The summed E-state index contributed by atoms with van der Waals surface area (Å²) in [5.41, 5.74) is 6.75. The van der Waals surface area contributed by atoms with E-state index in [2.05, 4.69) is 10.2 Å². The highest BCUT2D eigenvalue weighted by Gasteiger charge is 2.14. The van der Waals surface area contributed by atoms with E-state index in [9.17, 15) is 4.39 Å². The van der Waals surface area contributed by atoms with Gasteiger partial charge in [0.1, 0.15) is 10.8 Å². The van der Waals surface area contributed by atoms with Crippen molar-refractivity contribution in [1.29, 1.82) is 0 Å². The van der Waals surface area contributed by atoms with Gasteiger partial charge in [-0.2, -0.15) is 0 Å². The molecule has 3 nitrogen and oxygen atoms in total. The lowest BCUT2D eigenvalue weighted by Crippen LogP contribution is -2.09. The van der Waals surface area contributed by atoms with Crippen LogP contribution in [0.5, 0.6) is 0 Å². The largest absolute Gasteiger partial charge is 0.329 e. The van der Waals surface area contributed by atoms with Gasteiger partial charge in [0.05, 0.1) is 0 Å². The molecule has 0 amide bonds. The average molecular weight is 269 g/mol. The first kappa shape index (κ1) is 12.5. The predicted octanol–water partition coefficient (Wildman–Crippen LogP) is 2.78. The van der Waals surface area contributed by atoms with Crippen LogP contribution in [0.15, 0.2) is 28.6 Å². The van der Waals surface area contributed by atoms with Crippen molar-refractivity contribution >= 4 is 23.1 Å². The number of aromatic nitrogens is 2. The second kappa shape index (κ2) is 5.57. The molecule has 0 saturated heterocycles. The summed E-state index contributed by atoms with van der Waals surface area (Å²) in [4.78, 5) is 0. The van der Waals surface area contributed by atoms with E-state index >= 15 is 0 Å². The molecule has 17 heavy (non-hydrogen) atoms. The van der Waals surface area contributed by atoms with Crippen LogP contribution < -0.4 is 5.73 Å². The highest BCUT2D eigenvalue weighted by Crippen LogP contribution is 2.35. The fraction of sp³-hybridized carbons (Fsp3) is 0.273. The van der Waals surface area contributed by atoms with Gasteiger partial charge in [0.15, 0.2) is 4.34 Å². The number of benzene rings is 1. The minimum Gasteiger partial charge on any atom is -0.329 e. The number of halogens is 1. The molecule has 2 aromatic rings. The standard InChI is InChI=1S/C11H12FN3S2/c1-7-14-15-11(16-7)17-10(6-13)8-2-4-9(12)5-3-8/h2-5,10H,6,13H2,1H3. The van der Waals surface area contributed by atoms with E-state index in [0.717, 1.165) is 14.9 Å².